The summed E-state index contributed by atoms with van der Waals surface area (Å²) in [5.41, 5.74) is -2.51. The Labute approximate surface area is 282 Å². The minimum Gasteiger partial charge on any atom is -0.389 e. The average molecular weight is 681 g/mol. The van der Waals surface area contributed by atoms with E-state index in [1.807, 2.05) is 0 Å². The molecule has 2 heterocycles. The molecule has 0 aliphatic carbocycles. The maximum Gasteiger partial charge on any atom is 0.416 e. The highest BCUT2D eigenvalue weighted by molar-refractivity contribution is 6.11. The normalized spacial score (nSPS) is 13.2. The van der Waals surface area contributed by atoms with Crippen LogP contribution in [0.1, 0.15) is 78.7 Å². The van der Waals surface area contributed by atoms with Gasteiger partial charge in [0.05, 0.1) is 30.1 Å². The predicted molar refractivity (Wildman–Crippen MR) is 180 cm³/mol. The van der Waals surface area contributed by atoms with Gasteiger partial charge in [0.2, 0.25) is 0 Å². The van der Waals surface area contributed by atoms with Crippen LogP contribution in [0.3, 0.4) is 0 Å². The average Bonchev–Trinajstić information content (AvgIpc) is 3.36. The summed E-state index contributed by atoms with van der Waals surface area (Å²) in [4.78, 5) is 20.9. The van der Waals surface area contributed by atoms with E-state index in [0.29, 0.717) is 35.2 Å². The number of benzene rings is 2. The van der Waals surface area contributed by atoms with Crippen LogP contribution in [0, 0.1) is 22.1 Å². The molecule has 1 aliphatic rings. The number of nitrogens with zero attached hydrogens (tertiary/aromatic N) is 4. The highest BCUT2D eigenvalue weighted by atomic mass is 19.4. The quantitative estimate of drug-likeness (QED) is 0.0593. The molecule has 0 radical (unpaired) electrons. The van der Waals surface area contributed by atoms with E-state index in [9.17, 15) is 23.1 Å². The maximum absolute atomic E-state index is 15.2. The van der Waals surface area contributed by atoms with Gasteiger partial charge in [-0.3, -0.25) is 20.5 Å². The molecule has 4 rings (SSSR count). The van der Waals surface area contributed by atoms with Gasteiger partial charge in [0.25, 0.3) is 5.91 Å². The minimum atomic E-state index is -4.76. The first-order valence-electron chi connectivity index (χ1n) is 15.6. The Balaban J connectivity index is 1.86. The van der Waals surface area contributed by atoms with Crippen LogP contribution in [0.15, 0.2) is 42.5 Å². The molecule has 49 heavy (non-hydrogen) atoms. The van der Waals surface area contributed by atoms with E-state index in [1.54, 1.807) is 38.1 Å². The summed E-state index contributed by atoms with van der Waals surface area (Å²) in [5, 5.41) is 41.4. The number of carbonyl (C=O) groups is 1. The zero-order valence-corrected chi connectivity index (χ0v) is 28.0. The fourth-order valence-electron chi connectivity index (χ4n) is 5.42. The van der Waals surface area contributed by atoms with Gasteiger partial charge in [-0.2, -0.15) is 18.4 Å². The van der Waals surface area contributed by atoms with Gasteiger partial charge >= 0.3 is 6.18 Å². The second-order valence-electron chi connectivity index (χ2n) is 13.1. The number of halogens is 4. The molecule has 0 bridgehead atoms. The van der Waals surface area contributed by atoms with Gasteiger partial charge in [0, 0.05) is 44.2 Å². The summed E-state index contributed by atoms with van der Waals surface area (Å²) in [5.74, 6) is -0.482. The third-order valence-corrected chi connectivity index (χ3v) is 7.97. The largest absolute Gasteiger partial charge is 0.416 e. The summed E-state index contributed by atoms with van der Waals surface area (Å²) >= 11 is 0. The standard InChI is InChI=1S/C35H40F4N8O2/c1-33(2,49)19-43-17-21-12-26-27(28(13-21)35(37,38)39)18-47(32(26)48)30-15-22(14-29(45-30)44-11-7-6-10-40)25-16-23(34(3,4)36)8-9-24(25)31(42)46(5)20-41/h8-9,12-16,20,41-43,49H,6-7,11,17-19H2,1-5H3,(H,44,45). The van der Waals surface area contributed by atoms with Crippen LogP contribution in [-0.4, -0.2) is 58.8 Å². The number of aromatic nitrogens is 1. The van der Waals surface area contributed by atoms with Gasteiger partial charge in [-0.25, -0.2) is 9.37 Å². The van der Waals surface area contributed by atoms with Gasteiger partial charge in [0.15, 0.2) is 0 Å². The van der Waals surface area contributed by atoms with Crippen molar-refractivity contribution >= 4 is 29.7 Å². The molecular weight excluding hydrogens is 640 g/mol. The van der Waals surface area contributed by atoms with Crippen molar-refractivity contribution in [3.8, 4) is 17.2 Å². The maximum atomic E-state index is 15.2. The number of nitrogens with one attached hydrogen (secondary N) is 4. The molecule has 3 aromatic rings. The minimum absolute atomic E-state index is 0.0156. The number of carbonyl (C=O) groups excluding carboxylic acids is 1. The van der Waals surface area contributed by atoms with Crippen LogP contribution in [0.2, 0.25) is 0 Å². The van der Waals surface area contributed by atoms with Crippen molar-refractivity contribution in [2.45, 2.75) is 71.1 Å². The van der Waals surface area contributed by atoms with Crippen molar-refractivity contribution < 1.29 is 27.5 Å². The first-order valence-corrected chi connectivity index (χ1v) is 15.6. The van der Waals surface area contributed by atoms with E-state index in [0.717, 1.165) is 17.3 Å². The molecule has 0 saturated carbocycles. The van der Waals surface area contributed by atoms with Gasteiger partial charge < -0.3 is 20.6 Å². The van der Waals surface area contributed by atoms with Gasteiger partial charge in [-0.15, -0.1) is 0 Å². The van der Waals surface area contributed by atoms with E-state index in [-0.39, 0.29) is 53.7 Å². The van der Waals surface area contributed by atoms with E-state index in [4.69, 9.17) is 16.1 Å². The summed E-state index contributed by atoms with van der Waals surface area (Å²) in [6.07, 6.45) is -3.08. The Morgan fingerprint density at radius 1 is 1.12 bits per heavy atom. The Hall–Kier alpha value is -4.87. The molecule has 0 fully saturated rings. The number of amidine groups is 1. The summed E-state index contributed by atoms with van der Waals surface area (Å²) in [6.45, 7) is 5.90. The summed E-state index contributed by atoms with van der Waals surface area (Å²) in [6, 6.07) is 12.3. The van der Waals surface area contributed by atoms with Crippen LogP contribution < -0.4 is 15.5 Å². The molecule has 0 unspecified atom stereocenters. The summed E-state index contributed by atoms with van der Waals surface area (Å²) in [7, 11) is 1.51. The first kappa shape index (κ1) is 37.0. The van der Waals surface area contributed by atoms with Crippen molar-refractivity contribution in [1.29, 1.82) is 16.1 Å². The second-order valence-corrected chi connectivity index (χ2v) is 13.1. The molecule has 260 valence electrons. The molecule has 0 spiro atoms. The summed E-state index contributed by atoms with van der Waals surface area (Å²) < 4.78 is 58.4. The highest BCUT2D eigenvalue weighted by Gasteiger charge is 2.41. The van der Waals surface area contributed by atoms with Crippen LogP contribution in [-0.2, 0) is 24.9 Å². The Morgan fingerprint density at radius 2 is 1.84 bits per heavy atom. The molecule has 0 atom stereocenters. The fraction of sp³-hybridized carbons (Fsp3) is 0.400. The van der Waals surface area contributed by atoms with Crippen molar-refractivity contribution in [3.05, 3.63) is 75.8 Å². The van der Waals surface area contributed by atoms with E-state index >= 15 is 4.39 Å². The molecule has 14 heteroatoms. The Bertz CT molecular complexity index is 1790. The molecule has 1 aromatic heterocycles. The topological polar surface area (TPSA) is 152 Å². The molecular formula is C35H40F4N8O2. The number of nitriles is 1. The van der Waals surface area contributed by atoms with Gasteiger partial charge in [-0.05, 0) is 92.3 Å². The molecule has 0 saturated heterocycles. The monoisotopic (exact) mass is 680 g/mol. The number of fused-ring (bicyclic) bond motifs is 1. The van der Waals surface area contributed by atoms with Crippen molar-refractivity contribution in [3.63, 3.8) is 0 Å². The van der Waals surface area contributed by atoms with Crippen LogP contribution in [0.25, 0.3) is 11.1 Å². The van der Waals surface area contributed by atoms with Crippen LogP contribution >= 0.6 is 0 Å². The number of aliphatic hydroxyl groups is 1. The predicted octanol–water partition coefficient (Wildman–Crippen LogP) is 6.57. The lowest BCUT2D eigenvalue weighted by atomic mass is 9.91. The fourth-order valence-corrected chi connectivity index (χ4v) is 5.42. The van der Waals surface area contributed by atoms with E-state index < -0.39 is 35.5 Å². The third-order valence-electron chi connectivity index (χ3n) is 7.97. The molecule has 1 amide bonds. The van der Waals surface area contributed by atoms with Crippen LogP contribution in [0.5, 0.6) is 0 Å². The van der Waals surface area contributed by atoms with Crippen molar-refractivity contribution in [2.75, 3.05) is 30.4 Å². The lowest BCUT2D eigenvalue weighted by molar-refractivity contribution is -0.138. The molecule has 2 aromatic carbocycles. The zero-order valence-electron chi connectivity index (χ0n) is 28.0. The number of hydrogen-bond donors (Lipinski definition) is 5. The number of anilines is 2. The molecule has 1 aliphatic heterocycles. The first-order chi connectivity index (χ1) is 22.8. The number of alkyl halides is 4. The van der Waals surface area contributed by atoms with Crippen molar-refractivity contribution in [1.82, 2.24) is 15.2 Å². The lowest BCUT2D eigenvalue weighted by Crippen LogP contribution is -2.34. The number of pyridine rings is 1. The van der Waals surface area contributed by atoms with Crippen molar-refractivity contribution in [2.24, 2.45) is 0 Å². The number of rotatable bonds is 13. The number of hydrogen-bond acceptors (Lipinski definition) is 8. The highest BCUT2D eigenvalue weighted by Crippen LogP contribution is 2.41. The van der Waals surface area contributed by atoms with Gasteiger partial charge in [0.1, 0.15) is 23.1 Å². The van der Waals surface area contributed by atoms with Crippen LogP contribution in [0.4, 0.5) is 29.2 Å². The third kappa shape index (κ3) is 8.79. The zero-order chi connectivity index (χ0) is 36.3. The lowest BCUT2D eigenvalue weighted by Gasteiger charge is -2.23. The van der Waals surface area contributed by atoms with E-state index in [2.05, 4.69) is 21.7 Å². The molecule has 10 nitrogen and oxygen atoms in total. The smallest absolute Gasteiger partial charge is 0.389 e. The van der Waals surface area contributed by atoms with E-state index in [1.165, 1.54) is 37.9 Å². The second kappa shape index (κ2) is 14.3. The molecule has 5 N–H and O–H groups in total. The Morgan fingerprint density at radius 3 is 2.45 bits per heavy atom. The SMILES string of the molecule is CN(C=N)C(=N)c1ccc(C(C)(C)F)cc1-c1cc(NCCCC#N)nc(N2Cc3c(cc(CNCC(C)(C)O)cc3C(F)(F)F)C2=O)c1. The Kier molecular flexibility index (Phi) is 10.8. The number of unbranched alkanes of at least 4 members (excludes halogenated alkanes) is 1. The van der Waals surface area contributed by atoms with Gasteiger partial charge in [-0.1, -0.05) is 12.1 Å². The number of amides is 1.